The molecule has 1 aromatic heterocycles. The number of amides is 1. The molecule has 1 aromatic carbocycles. The van der Waals surface area contributed by atoms with E-state index in [0.29, 0.717) is 5.56 Å². The largest absolute Gasteiger partial charge is 0.366 e. The number of benzene rings is 1. The van der Waals surface area contributed by atoms with Gasteiger partial charge in [0.2, 0.25) is 0 Å². The van der Waals surface area contributed by atoms with Crippen molar-refractivity contribution in [2.24, 2.45) is 5.73 Å². The van der Waals surface area contributed by atoms with Crippen molar-refractivity contribution >= 4 is 16.8 Å². The Kier molecular flexibility index (Phi) is 2.69. The molecule has 3 N–H and O–H groups in total. The molecule has 2 rings (SSSR count). The average molecular weight is 230 g/mol. The van der Waals surface area contributed by atoms with Crippen LogP contribution in [-0.4, -0.2) is 10.9 Å². The smallest absolute Gasteiger partial charge is 0.250 e. The number of H-pyrrole nitrogens is 1. The summed E-state index contributed by atoms with van der Waals surface area (Å²) in [6, 6.07) is 6.18. The lowest BCUT2D eigenvalue weighted by Crippen LogP contribution is -2.15. The number of carbonyl (C=O) groups is 1. The molecule has 2 aromatic rings. The van der Waals surface area contributed by atoms with E-state index in [1.165, 1.54) is 5.56 Å². The van der Waals surface area contributed by atoms with Gasteiger partial charge in [0.05, 0.1) is 5.56 Å². The highest BCUT2D eigenvalue weighted by molar-refractivity contribution is 6.06. The fourth-order valence-corrected chi connectivity index (χ4v) is 1.95. The predicted molar refractivity (Wildman–Crippen MR) is 70.1 cm³/mol. The Morgan fingerprint density at radius 1 is 1.41 bits per heavy atom. The second-order valence-corrected chi connectivity index (χ2v) is 5.06. The minimum atomic E-state index is -0.386. The Labute approximate surface area is 101 Å². The molecule has 1 heterocycles. The van der Waals surface area contributed by atoms with Crippen molar-refractivity contribution in [3.05, 3.63) is 35.5 Å². The third-order valence-electron chi connectivity index (χ3n) is 3.61. The summed E-state index contributed by atoms with van der Waals surface area (Å²) >= 11 is 0. The van der Waals surface area contributed by atoms with Crippen LogP contribution in [0, 0.1) is 0 Å². The lowest BCUT2D eigenvalue weighted by atomic mass is 9.82. The SMILES string of the molecule is CCC(C)(C)c1ccc2[nH]cc(C(N)=O)c2c1. The minimum Gasteiger partial charge on any atom is -0.366 e. The number of rotatable bonds is 3. The maximum absolute atomic E-state index is 11.3. The topological polar surface area (TPSA) is 58.9 Å². The van der Waals surface area contributed by atoms with Crippen LogP contribution in [0.25, 0.3) is 10.9 Å². The Morgan fingerprint density at radius 2 is 2.12 bits per heavy atom. The summed E-state index contributed by atoms with van der Waals surface area (Å²) in [6.07, 6.45) is 2.73. The van der Waals surface area contributed by atoms with Gasteiger partial charge < -0.3 is 10.7 Å². The van der Waals surface area contributed by atoms with Gasteiger partial charge in [0, 0.05) is 17.1 Å². The number of carbonyl (C=O) groups excluding carboxylic acids is 1. The molecule has 0 radical (unpaired) electrons. The van der Waals surface area contributed by atoms with Crippen LogP contribution in [0.4, 0.5) is 0 Å². The molecular weight excluding hydrogens is 212 g/mol. The second-order valence-electron chi connectivity index (χ2n) is 5.06. The molecule has 17 heavy (non-hydrogen) atoms. The highest BCUT2D eigenvalue weighted by atomic mass is 16.1. The lowest BCUT2D eigenvalue weighted by Gasteiger charge is -2.23. The first-order chi connectivity index (χ1) is 7.95. The predicted octanol–water partition coefficient (Wildman–Crippen LogP) is 2.95. The Hall–Kier alpha value is -1.77. The molecule has 0 aliphatic carbocycles. The molecule has 0 spiro atoms. The van der Waals surface area contributed by atoms with E-state index in [2.05, 4.69) is 37.9 Å². The van der Waals surface area contributed by atoms with Gasteiger partial charge in [-0.3, -0.25) is 4.79 Å². The normalized spacial score (nSPS) is 11.9. The Bertz CT molecular complexity index is 567. The number of hydrogen-bond donors (Lipinski definition) is 2. The number of nitrogens with two attached hydrogens (primary N) is 1. The van der Waals surface area contributed by atoms with Gasteiger partial charge in [-0.15, -0.1) is 0 Å². The van der Waals surface area contributed by atoms with Crippen LogP contribution in [0.3, 0.4) is 0 Å². The van der Waals surface area contributed by atoms with Crippen LogP contribution >= 0.6 is 0 Å². The van der Waals surface area contributed by atoms with Gasteiger partial charge in [0.1, 0.15) is 0 Å². The fraction of sp³-hybridized carbons (Fsp3) is 0.357. The van der Waals surface area contributed by atoms with Gasteiger partial charge >= 0.3 is 0 Å². The molecule has 0 fully saturated rings. The van der Waals surface area contributed by atoms with Gasteiger partial charge in [0.15, 0.2) is 0 Å². The average Bonchev–Trinajstić information content (AvgIpc) is 2.71. The van der Waals surface area contributed by atoms with E-state index in [4.69, 9.17) is 5.73 Å². The van der Waals surface area contributed by atoms with Crippen molar-refractivity contribution in [1.82, 2.24) is 4.98 Å². The van der Waals surface area contributed by atoms with Crippen LogP contribution in [0.2, 0.25) is 0 Å². The summed E-state index contributed by atoms with van der Waals surface area (Å²) in [5.41, 5.74) is 8.22. The van der Waals surface area contributed by atoms with E-state index < -0.39 is 0 Å². The summed E-state index contributed by atoms with van der Waals surface area (Å²) in [5, 5.41) is 0.913. The quantitative estimate of drug-likeness (QED) is 0.836. The van der Waals surface area contributed by atoms with Gasteiger partial charge in [-0.05, 0) is 29.5 Å². The van der Waals surface area contributed by atoms with Gasteiger partial charge in [0.25, 0.3) is 5.91 Å². The maximum atomic E-state index is 11.3. The third-order valence-corrected chi connectivity index (χ3v) is 3.61. The molecule has 0 atom stereocenters. The zero-order valence-corrected chi connectivity index (χ0v) is 10.5. The van der Waals surface area contributed by atoms with E-state index in [-0.39, 0.29) is 11.3 Å². The van der Waals surface area contributed by atoms with Crippen LogP contribution in [0.1, 0.15) is 43.1 Å². The van der Waals surface area contributed by atoms with Gasteiger partial charge in [-0.25, -0.2) is 0 Å². The first-order valence-corrected chi connectivity index (χ1v) is 5.87. The molecule has 1 amide bonds. The van der Waals surface area contributed by atoms with E-state index in [0.717, 1.165) is 17.3 Å². The van der Waals surface area contributed by atoms with Gasteiger partial charge in [-0.2, -0.15) is 0 Å². The van der Waals surface area contributed by atoms with E-state index >= 15 is 0 Å². The second kappa shape index (κ2) is 3.91. The molecule has 0 saturated carbocycles. The molecule has 0 aliphatic rings. The molecule has 3 nitrogen and oxygen atoms in total. The van der Waals surface area contributed by atoms with Crippen LogP contribution in [0.15, 0.2) is 24.4 Å². The number of nitrogens with one attached hydrogen (secondary N) is 1. The standard InChI is InChI=1S/C14H18N2O/c1-4-14(2,3)9-5-6-12-10(7-9)11(8-16-12)13(15)17/h5-8,16H,4H2,1-3H3,(H2,15,17). The van der Waals surface area contributed by atoms with E-state index in [1.807, 2.05) is 6.07 Å². The number of hydrogen-bond acceptors (Lipinski definition) is 1. The summed E-state index contributed by atoms with van der Waals surface area (Å²) in [7, 11) is 0. The first kappa shape index (κ1) is 11.7. The number of aromatic amines is 1. The van der Waals surface area contributed by atoms with Crippen molar-refractivity contribution in [2.75, 3.05) is 0 Å². The van der Waals surface area contributed by atoms with Crippen LogP contribution < -0.4 is 5.73 Å². The molecule has 0 bridgehead atoms. The zero-order valence-electron chi connectivity index (χ0n) is 10.5. The molecule has 0 aliphatic heterocycles. The zero-order chi connectivity index (χ0) is 12.6. The fourth-order valence-electron chi connectivity index (χ4n) is 1.95. The lowest BCUT2D eigenvalue weighted by molar-refractivity contribution is 0.100. The molecule has 90 valence electrons. The number of fused-ring (bicyclic) bond motifs is 1. The highest BCUT2D eigenvalue weighted by Crippen LogP contribution is 2.30. The van der Waals surface area contributed by atoms with E-state index in [1.54, 1.807) is 6.20 Å². The summed E-state index contributed by atoms with van der Waals surface area (Å²) in [6.45, 7) is 6.56. The highest BCUT2D eigenvalue weighted by Gasteiger charge is 2.19. The third kappa shape index (κ3) is 1.93. The summed E-state index contributed by atoms with van der Waals surface area (Å²) in [4.78, 5) is 14.4. The van der Waals surface area contributed by atoms with Crippen molar-refractivity contribution in [3.8, 4) is 0 Å². The Morgan fingerprint density at radius 3 is 2.71 bits per heavy atom. The summed E-state index contributed by atoms with van der Waals surface area (Å²) < 4.78 is 0. The number of primary amides is 1. The molecule has 3 heteroatoms. The first-order valence-electron chi connectivity index (χ1n) is 5.87. The molecule has 0 saturated heterocycles. The monoisotopic (exact) mass is 230 g/mol. The summed E-state index contributed by atoms with van der Waals surface area (Å²) in [5.74, 6) is -0.386. The maximum Gasteiger partial charge on any atom is 0.250 e. The van der Waals surface area contributed by atoms with Crippen molar-refractivity contribution in [2.45, 2.75) is 32.6 Å². The molecule has 0 unspecified atom stereocenters. The van der Waals surface area contributed by atoms with Crippen molar-refractivity contribution < 1.29 is 4.79 Å². The molecular formula is C14H18N2O. The Balaban J connectivity index is 2.63. The van der Waals surface area contributed by atoms with Crippen molar-refractivity contribution in [1.29, 1.82) is 0 Å². The van der Waals surface area contributed by atoms with E-state index in [9.17, 15) is 4.79 Å². The van der Waals surface area contributed by atoms with Crippen molar-refractivity contribution in [3.63, 3.8) is 0 Å². The van der Waals surface area contributed by atoms with Crippen LogP contribution in [-0.2, 0) is 5.41 Å². The van der Waals surface area contributed by atoms with Crippen LogP contribution in [0.5, 0.6) is 0 Å². The minimum absolute atomic E-state index is 0.111. The van der Waals surface area contributed by atoms with Gasteiger partial charge in [-0.1, -0.05) is 26.8 Å². The number of aromatic nitrogens is 1.